The Hall–Kier alpha value is -3.33. The highest BCUT2D eigenvalue weighted by Gasteiger charge is 2.09. The summed E-state index contributed by atoms with van der Waals surface area (Å²) in [5, 5.41) is 14.5. The molecule has 0 aromatic heterocycles. The third-order valence-corrected chi connectivity index (χ3v) is 3.56. The lowest BCUT2D eigenvalue weighted by molar-refractivity contribution is 0.0472. The highest BCUT2D eigenvalue weighted by Crippen LogP contribution is 2.11. The topological polar surface area (TPSA) is 91.2 Å². The standard InChI is InChI=1S/C20H21N3O3/c1-14(2)23-20(25)22-12-15-7-9-16(10-8-15)19(24)26-13-18-6-4-3-5-17(18)11-21/h3-10,14H,12-13H2,1-2H3,(H2,22,23,25). The number of nitrogens with zero attached hydrogens (tertiary/aromatic N) is 1. The van der Waals surface area contributed by atoms with Gasteiger partial charge in [0.05, 0.1) is 17.2 Å². The third-order valence-electron chi connectivity index (χ3n) is 3.56. The van der Waals surface area contributed by atoms with E-state index in [2.05, 4.69) is 16.7 Å². The number of nitriles is 1. The van der Waals surface area contributed by atoms with Crippen molar-refractivity contribution in [2.75, 3.05) is 0 Å². The van der Waals surface area contributed by atoms with Crippen LogP contribution < -0.4 is 10.6 Å². The zero-order valence-corrected chi connectivity index (χ0v) is 14.8. The fourth-order valence-corrected chi connectivity index (χ4v) is 2.24. The van der Waals surface area contributed by atoms with Gasteiger partial charge in [-0.15, -0.1) is 0 Å². The van der Waals surface area contributed by atoms with Gasteiger partial charge in [0.1, 0.15) is 6.61 Å². The monoisotopic (exact) mass is 351 g/mol. The number of hydrogen-bond donors (Lipinski definition) is 2. The number of ether oxygens (including phenoxy) is 1. The van der Waals surface area contributed by atoms with Crippen LogP contribution in [0.15, 0.2) is 48.5 Å². The Morgan fingerprint density at radius 2 is 1.81 bits per heavy atom. The molecule has 0 aliphatic rings. The molecular formula is C20H21N3O3. The van der Waals surface area contributed by atoms with E-state index >= 15 is 0 Å². The molecule has 0 atom stereocenters. The number of rotatable bonds is 6. The summed E-state index contributed by atoms with van der Waals surface area (Å²) >= 11 is 0. The second-order valence-corrected chi connectivity index (χ2v) is 6.02. The lowest BCUT2D eigenvalue weighted by atomic mass is 10.1. The summed E-state index contributed by atoms with van der Waals surface area (Å²) in [5.41, 5.74) is 2.44. The summed E-state index contributed by atoms with van der Waals surface area (Å²) in [4.78, 5) is 23.7. The first-order valence-corrected chi connectivity index (χ1v) is 8.28. The number of carbonyl (C=O) groups excluding carboxylic acids is 2. The fraction of sp³-hybridized carbons (Fsp3) is 0.250. The molecule has 0 saturated heterocycles. The number of benzene rings is 2. The normalized spacial score (nSPS) is 10.1. The van der Waals surface area contributed by atoms with E-state index in [0.717, 1.165) is 5.56 Å². The largest absolute Gasteiger partial charge is 0.457 e. The zero-order valence-electron chi connectivity index (χ0n) is 14.8. The summed E-state index contributed by atoms with van der Waals surface area (Å²) in [6.07, 6.45) is 0. The smallest absolute Gasteiger partial charge is 0.338 e. The van der Waals surface area contributed by atoms with Gasteiger partial charge in [-0.3, -0.25) is 0 Å². The first-order valence-electron chi connectivity index (χ1n) is 8.28. The van der Waals surface area contributed by atoms with Crippen LogP contribution in [0.2, 0.25) is 0 Å². The Morgan fingerprint density at radius 1 is 1.12 bits per heavy atom. The van der Waals surface area contributed by atoms with Crippen LogP contribution in [0.5, 0.6) is 0 Å². The van der Waals surface area contributed by atoms with Crippen LogP contribution in [0.3, 0.4) is 0 Å². The zero-order chi connectivity index (χ0) is 18.9. The molecule has 2 aromatic rings. The molecule has 6 nitrogen and oxygen atoms in total. The quantitative estimate of drug-likeness (QED) is 0.782. The number of hydrogen-bond acceptors (Lipinski definition) is 4. The van der Waals surface area contributed by atoms with Gasteiger partial charge in [0.15, 0.2) is 0 Å². The molecule has 0 unspecified atom stereocenters. The lowest BCUT2D eigenvalue weighted by Crippen LogP contribution is -2.39. The van der Waals surface area contributed by atoms with Crippen LogP contribution in [0.25, 0.3) is 0 Å². The van der Waals surface area contributed by atoms with E-state index in [0.29, 0.717) is 23.2 Å². The molecule has 0 bridgehead atoms. The highest BCUT2D eigenvalue weighted by molar-refractivity contribution is 5.89. The van der Waals surface area contributed by atoms with Crippen molar-refractivity contribution >= 4 is 12.0 Å². The van der Waals surface area contributed by atoms with Crippen molar-refractivity contribution < 1.29 is 14.3 Å². The molecule has 2 N–H and O–H groups in total. The number of urea groups is 1. The van der Waals surface area contributed by atoms with Crippen molar-refractivity contribution in [1.29, 1.82) is 5.26 Å². The third kappa shape index (κ3) is 5.64. The van der Waals surface area contributed by atoms with Crippen molar-refractivity contribution in [2.24, 2.45) is 0 Å². The maximum absolute atomic E-state index is 12.1. The molecular weight excluding hydrogens is 330 g/mol. The number of nitrogens with one attached hydrogen (secondary N) is 2. The number of amides is 2. The maximum atomic E-state index is 12.1. The Labute approximate surface area is 152 Å². The molecule has 26 heavy (non-hydrogen) atoms. The SMILES string of the molecule is CC(C)NC(=O)NCc1ccc(C(=O)OCc2ccccc2C#N)cc1. The predicted molar refractivity (Wildman–Crippen MR) is 97.2 cm³/mol. The number of carbonyl (C=O) groups is 2. The van der Waals surface area contributed by atoms with Crippen molar-refractivity contribution in [3.8, 4) is 6.07 Å². The van der Waals surface area contributed by atoms with Gasteiger partial charge in [-0.1, -0.05) is 30.3 Å². The van der Waals surface area contributed by atoms with Gasteiger partial charge < -0.3 is 15.4 Å². The van der Waals surface area contributed by atoms with Crippen molar-refractivity contribution in [2.45, 2.75) is 33.0 Å². The Morgan fingerprint density at radius 3 is 2.46 bits per heavy atom. The molecule has 2 amide bonds. The van der Waals surface area contributed by atoms with Crippen LogP contribution in [0.4, 0.5) is 4.79 Å². The molecule has 6 heteroatoms. The average Bonchev–Trinajstić information content (AvgIpc) is 2.64. The van der Waals surface area contributed by atoms with Crippen LogP contribution in [-0.2, 0) is 17.9 Å². The van der Waals surface area contributed by atoms with E-state index in [-0.39, 0.29) is 18.7 Å². The molecule has 0 aliphatic carbocycles. The summed E-state index contributed by atoms with van der Waals surface area (Å²) < 4.78 is 5.27. The predicted octanol–water partition coefficient (Wildman–Crippen LogP) is 3.12. The minimum atomic E-state index is -0.463. The van der Waals surface area contributed by atoms with E-state index in [1.165, 1.54) is 0 Å². The van der Waals surface area contributed by atoms with Gasteiger partial charge in [0.25, 0.3) is 0 Å². The molecule has 2 aromatic carbocycles. The number of esters is 1. The van der Waals surface area contributed by atoms with Gasteiger partial charge in [-0.2, -0.15) is 5.26 Å². The molecule has 134 valence electrons. The Kier molecular flexibility index (Phi) is 6.75. The van der Waals surface area contributed by atoms with Crippen LogP contribution >= 0.6 is 0 Å². The van der Waals surface area contributed by atoms with Crippen molar-refractivity contribution in [1.82, 2.24) is 10.6 Å². The van der Waals surface area contributed by atoms with Gasteiger partial charge in [0, 0.05) is 18.2 Å². The van der Waals surface area contributed by atoms with Gasteiger partial charge in [0.2, 0.25) is 0 Å². The summed E-state index contributed by atoms with van der Waals surface area (Å²) in [6.45, 7) is 4.18. The first kappa shape index (κ1) is 19.0. The Bertz CT molecular complexity index is 808. The second-order valence-electron chi connectivity index (χ2n) is 6.02. The van der Waals surface area contributed by atoms with Gasteiger partial charge in [-0.25, -0.2) is 9.59 Å². The fourth-order valence-electron chi connectivity index (χ4n) is 2.24. The molecule has 0 aliphatic heterocycles. The summed E-state index contributed by atoms with van der Waals surface area (Å²) in [7, 11) is 0. The minimum absolute atomic E-state index is 0.0429. The molecule has 0 fully saturated rings. The average molecular weight is 351 g/mol. The van der Waals surface area contributed by atoms with E-state index in [9.17, 15) is 9.59 Å². The van der Waals surface area contributed by atoms with Gasteiger partial charge >= 0.3 is 12.0 Å². The lowest BCUT2D eigenvalue weighted by Gasteiger charge is -2.10. The summed E-state index contributed by atoms with van der Waals surface area (Å²) in [6, 6.07) is 15.7. The minimum Gasteiger partial charge on any atom is -0.457 e. The molecule has 0 heterocycles. The second kappa shape index (κ2) is 9.23. The van der Waals surface area contributed by atoms with Crippen LogP contribution in [0, 0.1) is 11.3 Å². The molecule has 2 rings (SSSR count). The van der Waals surface area contributed by atoms with E-state index < -0.39 is 5.97 Å². The first-order chi connectivity index (χ1) is 12.5. The highest BCUT2D eigenvalue weighted by atomic mass is 16.5. The van der Waals surface area contributed by atoms with Crippen LogP contribution in [-0.4, -0.2) is 18.0 Å². The molecule has 0 saturated carbocycles. The van der Waals surface area contributed by atoms with E-state index in [1.54, 1.807) is 48.5 Å². The Balaban J connectivity index is 1.88. The van der Waals surface area contributed by atoms with Gasteiger partial charge in [-0.05, 0) is 37.6 Å². The molecule has 0 spiro atoms. The van der Waals surface area contributed by atoms with Crippen molar-refractivity contribution in [3.05, 3.63) is 70.8 Å². The van der Waals surface area contributed by atoms with E-state index in [4.69, 9.17) is 10.00 Å². The summed E-state index contributed by atoms with van der Waals surface area (Å²) in [5.74, 6) is -0.463. The van der Waals surface area contributed by atoms with Crippen LogP contribution in [0.1, 0.15) is 40.9 Å². The maximum Gasteiger partial charge on any atom is 0.338 e. The van der Waals surface area contributed by atoms with Crippen molar-refractivity contribution in [3.63, 3.8) is 0 Å². The molecule has 0 radical (unpaired) electrons. The van der Waals surface area contributed by atoms with E-state index in [1.807, 2.05) is 13.8 Å².